The van der Waals surface area contributed by atoms with Gasteiger partial charge in [0.25, 0.3) is 0 Å². The number of anilines is 1. The lowest BCUT2D eigenvalue weighted by molar-refractivity contribution is 0.409. The van der Waals surface area contributed by atoms with Gasteiger partial charge in [0, 0.05) is 12.5 Å². The van der Waals surface area contributed by atoms with Gasteiger partial charge in [-0.25, -0.2) is 4.98 Å². The van der Waals surface area contributed by atoms with E-state index in [0.29, 0.717) is 5.92 Å². The Morgan fingerprint density at radius 2 is 2.31 bits per heavy atom. The van der Waals surface area contributed by atoms with Gasteiger partial charge in [0.1, 0.15) is 11.6 Å². The van der Waals surface area contributed by atoms with Gasteiger partial charge in [-0.15, -0.1) is 0 Å². The predicted octanol–water partition coefficient (Wildman–Crippen LogP) is 1.34. The number of rotatable bonds is 1. The fraction of sp³-hybridized carbons (Fsp3) is 0.417. The molecule has 1 unspecified atom stereocenters. The minimum Gasteiger partial charge on any atom is -0.385 e. The summed E-state index contributed by atoms with van der Waals surface area (Å²) in [7, 11) is 2.15. The van der Waals surface area contributed by atoms with E-state index in [9.17, 15) is 0 Å². The summed E-state index contributed by atoms with van der Waals surface area (Å²) in [6.07, 6.45) is 3.08. The Hall–Kier alpha value is -1.55. The largest absolute Gasteiger partial charge is 0.385 e. The number of likely N-dealkylation sites (tertiary alicyclic amines) is 1. The fourth-order valence-electron chi connectivity index (χ4n) is 2.53. The number of nitrogens with zero attached hydrogens (tertiary/aromatic N) is 3. The maximum Gasteiger partial charge on any atom is 0.119 e. The average Bonchev–Trinajstić information content (AvgIpc) is 2.84. The smallest absolute Gasteiger partial charge is 0.119 e. The standard InChI is InChI=1S/C12H16N4/c1-15-6-5-9(8-15)12-14-7-10-3-2-4-11(13)16(10)12/h2-4,7,9H,5-6,8,13H2,1H3. The van der Waals surface area contributed by atoms with E-state index in [1.807, 2.05) is 24.4 Å². The Labute approximate surface area is 94.7 Å². The molecule has 0 amide bonds. The molecule has 0 bridgehead atoms. The van der Waals surface area contributed by atoms with Crippen LogP contribution < -0.4 is 5.73 Å². The molecule has 4 heteroatoms. The van der Waals surface area contributed by atoms with Crippen molar-refractivity contribution in [3.63, 3.8) is 0 Å². The summed E-state index contributed by atoms with van der Waals surface area (Å²) in [5, 5.41) is 0. The number of nitrogens with two attached hydrogens (primary N) is 1. The van der Waals surface area contributed by atoms with E-state index in [-0.39, 0.29) is 0 Å². The third-order valence-electron chi connectivity index (χ3n) is 3.37. The molecule has 2 aromatic heterocycles. The first-order valence-electron chi connectivity index (χ1n) is 5.66. The Balaban J connectivity index is 2.10. The first kappa shape index (κ1) is 9.66. The van der Waals surface area contributed by atoms with Gasteiger partial charge in [0.05, 0.1) is 11.7 Å². The second kappa shape index (κ2) is 3.49. The molecule has 1 atom stereocenters. The SMILES string of the molecule is CN1CCC(c2ncc3cccc(N)n23)C1. The molecule has 84 valence electrons. The molecule has 4 nitrogen and oxygen atoms in total. The van der Waals surface area contributed by atoms with Crippen LogP contribution >= 0.6 is 0 Å². The quantitative estimate of drug-likeness (QED) is 0.782. The number of pyridine rings is 1. The van der Waals surface area contributed by atoms with Gasteiger partial charge in [-0.2, -0.15) is 0 Å². The van der Waals surface area contributed by atoms with Crippen LogP contribution in [0.15, 0.2) is 24.4 Å². The highest BCUT2D eigenvalue weighted by Crippen LogP contribution is 2.27. The lowest BCUT2D eigenvalue weighted by Crippen LogP contribution is -2.14. The van der Waals surface area contributed by atoms with Gasteiger partial charge in [-0.3, -0.25) is 4.40 Å². The zero-order valence-electron chi connectivity index (χ0n) is 9.43. The molecule has 3 rings (SSSR count). The number of hydrogen-bond acceptors (Lipinski definition) is 3. The highest BCUT2D eigenvalue weighted by Gasteiger charge is 2.25. The van der Waals surface area contributed by atoms with E-state index in [1.165, 1.54) is 6.42 Å². The lowest BCUT2D eigenvalue weighted by atomic mass is 10.1. The molecule has 1 saturated heterocycles. The van der Waals surface area contributed by atoms with Gasteiger partial charge in [-0.1, -0.05) is 6.07 Å². The van der Waals surface area contributed by atoms with Crippen molar-refractivity contribution >= 4 is 11.3 Å². The summed E-state index contributed by atoms with van der Waals surface area (Å²) in [6, 6.07) is 5.94. The van der Waals surface area contributed by atoms with Gasteiger partial charge in [0.15, 0.2) is 0 Å². The van der Waals surface area contributed by atoms with Crippen LogP contribution in [0.3, 0.4) is 0 Å². The highest BCUT2D eigenvalue weighted by atomic mass is 15.1. The van der Waals surface area contributed by atoms with E-state index in [0.717, 1.165) is 30.2 Å². The van der Waals surface area contributed by atoms with E-state index < -0.39 is 0 Å². The summed E-state index contributed by atoms with van der Waals surface area (Å²) >= 11 is 0. The van der Waals surface area contributed by atoms with Crippen LogP contribution in [-0.4, -0.2) is 34.4 Å². The van der Waals surface area contributed by atoms with Crippen molar-refractivity contribution in [3.8, 4) is 0 Å². The van der Waals surface area contributed by atoms with Crippen LogP contribution in [0.5, 0.6) is 0 Å². The Morgan fingerprint density at radius 1 is 1.44 bits per heavy atom. The fourth-order valence-corrected chi connectivity index (χ4v) is 2.53. The minimum absolute atomic E-state index is 0.511. The molecule has 0 radical (unpaired) electrons. The molecule has 2 N–H and O–H groups in total. The van der Waals surface area contributed by atoms with Gasteiger partial charge < -0.3 is 10.6 Å². The van der Waals surface area contributed by atoms with Gasteiger partial charge in [-0.05, 0) is 32.1 Å². The van der Waals surface area contributed by atoms with E-state index in [4.69, 9.17) is 5.73 Å². The number of nitrogen functional groups attached to an aromatic ring is 1. The van der Waals surface area contributed by atoms with Crippen LogP contribution in [0.1, 0.15) is 18.2 Å². The Morgan fingerprint density at radius 3 is 3.06 bits per heavy atom. The monoisotopic (exact) mass is 216 g/mol. The molecule has 3 heterocycles. The molecule has 1 aliphatic rings. The predicted molar refractivity (Wildman–Crippen MR) is 64.5 cm³/mol. The first-order valence-corrected chi connectivity index (χ1v) is 5.66. The highest BCUT2D eigenvalue weighted by molar-refractivity contribution is 5.53. The molecule has 1 fully saturated rings. The van der Waals surface area contributed by atoms with Crippen LogP contribution in [0, 0.1) is 0 Å². The molecule has 0 spiro atoms. The van der Waals surface area contributed by atoms with Crippen molar-refractivity contribution in [2.24, 2.45) is 0 Å². The van der Waals surface area contributed by atoms with Crippen molar-refractivity contribution in [2.45, 2.75) is 12.3 Å². The number of imidazole rings is 1. The molecule has 0 aromatic carbocycles. The lowest BCUT2D eigenvalue weighted by Gasteiger charge is -2.11. The summed E-state index contributed by atoms with van der Waals surface area (Å²) in [5.74, 6) is 2.40. The number of fused-ring (bicyclic) bond motifs is 1. The summed E-state index contributed by atoms with van der Waals surface area (Å²) in [6.45, 7) is 2.22. The molecule has 1 aliphatic heterocycles. The normalized spacial score (nSPS) is 21.9. The zero-order valence-corrected chi connectivity index (χ0v) is 9.43. The molecule has 2 aromatic rings. The maximum absolute atomic E-state index is 6.01. The third kappa shape index (κ3) is 1.38. The summed E-state index contributed by atoms with van der Waals surface area (Å²) < 4.78 is 2.07. The van der Waals surface area contributed by atoms with Crippen molar-refractivity contribution in [1.82, 2.24) is 14.3 Å². The number of hydrogen-bond donors (Lipinski definition) is 1. The molecular formula is C12H16N4. The first-order chi connectivity index (χ1) is 7.75. The van der Waals surface area contributed by atoms with Gasteiger partial charge >= 0.3 is 0 Å². The van der Waals surface area contributed by atoms with Crippen LogP contribution in [-0.2, 0) is 0 Å². The number of aromatic nitrogens is 2. The van der Waals surface area contributed by atoms with Crippen molar-refractivity contribution in [3.05, 3.63) is 30.2 Å². The number of likely N-dealkylation sites (N-methyl/N-ethyl adjacent to an activating group) is 1. The Bertz CT molecular complexity index is 517. The van der Waals surface area contributed by atoms with Gasteiger partial charge in [0.2, 0.25) is 0 Å². The molecule has 0 aliphatic carbocycles. The Kier molecular flexibility index (Phi) is 2.11. The summed E-state index contributed by atoms with van der Waals surface area (Å²) in [5.41, 5.74) is 7.10. The third-order valence-corrected chi connectivity index (χ3v) is 3.37. The van der Waals surface area contributed by atoms with Crippen LogP contribution in [0.2, 0.25) is 0 Å². The molecule has 16 heavy (non-hydrogen) atoms. The van der Waals surface area contributed by atoms with Crippen molar-refractivity contribution < 1.29 is 0 Å². The molecule has 0 saturated carbocycles. The minimum atomic E-state index is 0.511. The topological polar surface area (TPSA) is 46.6 Å². The maximum atomic E-state index is 6.01. The van der Waals surface area contributed by atoms with Crippen LogP contribution in [0.4, 0.5) is 5.82 Å². The van der Waals surface area contributed by atoms with Crippen molar-refractivity contribution in [1.29, 1.82) is 0 Å². The van der Waals surface area contributed by atoms with E-state index >= 15 is 0 Å². The second-order valence-electron chi connectivity index (χ2n) is 4.58. The van der Waals surface area contributed by atoms with Crippen molar-refractivity contribution in [2.75, 3.05) is 25.9 Å². The zero-order chi connectivity index (χ0) is 11.1. The van der Waals surface area contributed by atoms with E-state index in [1.54, 1.807) is 0 Å². The summed E-state index contributed by atoms with van der Waals surface area (Å²) in [4.78, 5) is 6.87. The average molecular weight is 216 g/mol. The van der Waals surface area contributed by atoms with E-state index in [2.05, 4.69) is 21.3 Å². The second-order valence-corrected chi connectivity index (χ2v) is 4.58. The van der Waals surface area contributed by atoms with Crippen LogP contribution in [0.25, 0.3) is 5.52 Å². The molecular weight excluding hydrogens is 200 g/mol.